The van der Waals surface area contributed by atoms with Crippen molar-refractivity contribution in [3.05, 3.63) is 35.0 Å². The molecule has 1 saturated heterocycles. The number of aromatic nitrogens is 1. The third kappa shape index (κ3) is 3.05. The quantitative estimate of drug-likeness (QED) is 0.883. The molecule has 0 aliphatic carbocycles. The van der Waals surface area contributed by atoms with Gasteiger partial charge in [0.15, 0.2) is 0 Å². The monoisotopic (exact) mass is 301 g/mol. The third-order valence-corrected chi connectivity index (χ3v) is 4.76. The number of hydrogen-bond acceptors (Lipinski definition) is 3. The highest BCUT2D eigenvalue weighted by molar-refractivity contribution is 5.89. The molecule has 2 heterocycles. The van der Waals surface area contributed by atoms with Gasteiger partial charge in [0.05, 0.1) is 12.1 Å². The molecule has 1 aromatic heterocycles. The molecule has 4 heteroatoms. The number of hydrogen-bond donors (Lipinski definition) is 2. The van der Waals surface area contributed by atoms with Gasteiger partial charge in [0.25, 0.3) is 0 Å². The number of piperazine rings is 1. The van der Waals surface area contributed by atoms with Crippen molar-refractivity contribution in [2.24, 2.45) is 0 Å². The zero-order valence-electron chi connectivity index (χ0n) is 13.7. The van der Waals surface area contributed by atoms with Crippen LogP contribution < -0.4 is 5.32 Å². The van der Waals surface area contributed by atoms with Crippen LogP contribution in [0.3, 0.4) is 0 Å². The number of aliphatic hydroxyl groups excluding tert-OH is 1. The Morgan fingerprint density at radius 1 is 1.09 bits per heavy atom. The van der Waals surface area contributed by atoms with E-state index >= 15 is 0 Å². The fourth-order valence-electron chi connectivity index (χ4n) is 3.58. The Labute approximate surface area is 132 Å². The van der Waals surface area contributed by atoms with Crippen molar-refractivity contribution in [3.8, 4) is 0 Å². The molecule has 1 aromatic carbocycles. The zero-order valence-corrected chi connectivity index (χ0v) is 13.7. The van der Waals surface area contributed by atoms with E-state index in [1.807, 2.05) is 0 Å². The van der Waals surface area contributed by atoms with E-state index in [1.54, 1.807) is 0 Å². The first-order chi connectivity index (χ1) is 10.7. The molecule has 120 valence electrons. The number of aryl methyl sites for hydroxylation is 2. The minimum Gasteiger partial charge on any atom is -0.395 e. The van der Waals surface area contributed by atoms with Crippen LogP contribution in [0.25, 0.3) is 10.9 Å². The number of aliphatic hydroxyl groups is 1. The van der Waals surface area contributed by atoms with Crippen molar-refractivity contribution in [2.75, 3.05) is 39.3 Å². The van der Waals surface area contributed by atoms with E-state index in [0.717, 1.165) is 39.1 Å². The SMILES string of the molecule is Cc1ccc(C)c2c1c(CCN1CCNCC1)cn2CCO. The Kier molecular flexibility index (Phi) is 4.81. The van der Waals surface area contributed by atoms with Crippen molar-refractivity contribution < 1.29 is 5.11 Å². The summed E-state index contributed by atoms with van der Waals surface area (Å²) in [6, 6.07) is 4.40. The molecule has 4 nitrogen and oxygen atoms in total. The summed E-state index contributed by atoms with van der Waals surface area (Å²) >= 11 is 0. The maximum absolute atomic E-state index is 9.35. The Morgan fingerprint density at radius 3 is 2.55 bits per heavy atom. The number of benzene rings is 1. The van der Waals surface area contributed by atoms with E-state index in [0.29, 0.717) is 6.54 Å². The highest BCUT2D eigenvalue weighted by atomic mass is 16.3. The summed E-state index contributed by atoms with van der Waals surface area (Å²) in [7, 11) is 0. The van der Waals surface area contributed by atoms with Gasteiger partial charge in [-0.25, -0.2) is 0 Å². The Bertz CT molecular complexity index is 641. The molecule has 2 N–H and O–H groups in total. The Morgan fingerprint density at radius 2 is 1.82 bits per heavy atom. The second-order valence-corrected chi connectivity index (χ2v) is 6.34. The minimum atomic E-state index is 0.189. The summed E-state index contributed by atoms with van der Waals surface area (Å²) in [5.41, 5.74) is 5.35. The summed E-state index contributed by atoms with van der Waals surface area (Å²) in [4.78, 5) is 2.54. The Balaban J connectivity index is 1.89. The number of nitrogens with zero attached hydrogens (tertiary/aromatic N) is 2. The molecule has 0 unspecified atom stereocenters. The fraction of sp³-hybridized carbons (Fsp3) is 0.556. The predicted molar refractivity (Wildman–Crippen MR) is 91.5 cm³/mol. The van der Waals surface area contributed by atoms with Crippen LogP contribution in [0.5, 0.6) is 0 Å². The van der Waals surface area contributed by atoms with Crippen LogP contribution in [-0.2, 0) is 13.0 Å². The van der Waals surface area contributed by atoms with E-state index in [9.17, 15) is 5.11 Å². The van der Waals surface area contributed by atoms with E-state index in [1.165, 1.54) is 27.6 Å². The first-order valence-electron chi connectivity index (χ1n) is 8.32. The van der Waals surface area contributed by atoms with Crippen LogP contribution in [-0.4, -0.2) is 53.9 Å². The summed E-state index contributed by atoms with van der Waals surface area (Å²) in [5.74, 6) is 0. The molecule has 0 bridgehead atoms. The average Bonchev–Trinajstić information content (AvgIpc) is 2.90. The number of nitrogens with one attached hydrogen (secondary N) is 1. The van der Waals surface area contributed by atoms with E-state index in [-0.39, 0.29) is 6.61 Å². The molecule has 0 amide bonds. The second-order valence-electron chi connectivity index (χ2n) is 6.34. The molecule has 2 aromatic rings. The van der Waals surface area contributed by atoms with Gasteiger partial charge < -0.3 is 19.9 Å². The van der Waals surface area contributed by atoms with Crippen LogP contribution in [0.1, 0.15) is 16.7 Å². The lowest BCUT2D eigenvalue weighted by Crippen LogP contribution is -2.44. The lowest BCUT2D eigenvalue weighted by atomic mass is 10.0. The average molecular weight is 301 g/mol. The smallest absolute Gasteiger partial charge is 0.0610 e. The summed E-state index contributed by atoms with van der Waals surface area (Å²) in [6.07, 6.45) is 3.34. The molecule has 0 saturated carbocycles. The standard InChI is InChI=1S/C18H27N3O/c1-14-3-4-15(2)18-17(14)16(13-21(18)11-12-22)5-8-20-9-6-19-7-10-20/h3-4,13,19,22H,5-12H2,1-2H3. The fourth-order valence-corrected chi connectivity index (χ4v) is 3.58. The second kappa shape index (κ2) is 6.82. The van der Waals surface area contributed by atoms with Gasteiger partial charge in [-0.3, -0.25) is 0 Å². The van der Waals surface area contributed by atoms with Crippen LogP contribution in [0.4, 0.5) is 0 Å². The molecular formula is C18H27N3O. The zero-order chi connectivity index (χ0) is 15.5. The van der Waals surface area contributed by atoms with Crippen LogP contribution in [0.2, 0.25) is 0 Å². The van der Waals surface area contributed by atoms with Gasteiger partial charge in [-0.05, 0) is 37.0 Å². The molecule has 1 aliphatic heterocycles. The summed E-state index contributed by atoms with van der Waals surface area (Å²) < 4.78 is 2.23. The first-order valence-corrected chi connectivity index (χ1v) is 8.32. The summed E-state index contributed by atoms with van der Waals surface area (Å²) in [6.45, 7) is 10.8. The highest BCUT2D eigenvalue weighted by Crippen LogP contribution is 2.28. The van der Waals surface area contributed by atoms with Gasteiger partial charge >= 0.3 is 0 Å². The predicted octanol–water partition coefficient (Wildman–Crippen LogP) is 1.70. The van der Waals surface area contributed by atoms with Gasteiger partial charge in [0.1, 0.15) is 0 Å². The van der Waals surface area contributed by atoms with Crippen LogP contribution >= 0.6 is 0 Å². The topological polar surface area (TPSA) is 40.4 Å². The normalized spacial score (nSPS) is 16.5. The maximum atomic E-state index is 9.35. The first kappa shape index (κ1) is 15.5. The van der Waals surface area contributed by atoms with E-state index < -0.39 is 0 Å². The van der Waals surface area contributed by atoms with Crippen molar-refractivity contribution in [2.45, 2.75) is 26.8 Å². The molecule has 0 spiro atoms. The molecule has 1 fully saturated rings. The molecule has 22 heavy (non-hydrogen) atoms. The van der Waals surface area contributed by atoms with Crippen LogP contribution in [0, 0.1) is 13.8 Å². The van der Waals surface area contributed by atoms with E-state index in [4.69, 9.17) is 0 Å². The number of fused-ring (bicyclic) bond motifs is 1. The van der Waals surface area contributed by atoms with E-state index in [2.05, 4.69) is 47.0 Å². The Hall–Kier alpha value is -1.36. The number of rotatable bonds is 5. The lowest BCUT2D eigenvalue weighted by molar-refractivity contribution is 0.244. The van der Waals surface area contributed by atoms with Gasteiger partial charge in [-0.1, -0.05) is 12.1 Å². The van der Waals surface area contributed by atoms with Crippen molar-refractivity contribution in [3.63, 3.8) is 0 Å². The largest absolute Gasteiger partial charge is 0.395 e. The summed E-state index contributed by atoms with van der Waals surface area (Å²) in [5, 5.41) is 14.1. The van der Waals surface area contributed by atoms with Crippen molar-refractivity contribution in [1.82, 2.24) is 14.8 Å². The minimum absolute atomic E-state index is 0.189. The van der Waals surface area contributed by atoms with Gasteiger partial charge in [0, 0.05) is 50.9 Å². The molecule has 0 atom stereocenters. The van der Waals surface area contributed by atoms with Crippen LogP contribution in [0.15, 0.2) is 18.3 Å². The molecule has 1 aliphatic rings. The maximum Gasteiger partial charge on any atom is 0.0610 e. The van der Waals surface area contributed by atoms with Gasteiger partial charge in [-0.15, -0.1) is 0 Å². The molecule has 3 rings (SSSR count). The third-order valence-electron chi connectivity index (χ3n) is 4.76. The highest BCUT2D eigenvalue weighted by Gasteiger charge is 2.15. The lowest BCUT2D eigenvalue weighted by Gasteiger charge is -2.27. The molecular weight excluding hydrogens is 274 g/mol. The van der Waals surface area contributed by atoms with Crippen molar-refractivity contribution >= 4 is 10.9 Å². The van der Waals surface area contributed by atoms with Gasteiger partial charge in [-0.2, -0.15) is 0 Å². The van der Waals surface area contributed by atoms with Crippen molar-refractivity contribution in [1.29, 1.82) is 0 Å². The molecule has 0 radical (unpaired) electrons. The van der Waals surface area contributed by atoms with Gasteiger partial charge in [0.2, 0.25) is 0 Å².